The molecule has 2 aliphatic rings. The molecule has 0 saturated heterocycles. The highest BCUT2D eigenvalue weighted by atomic mass is 16.2. The Bertz CT molecular complexity index is 209. The van der Waals surface area contributed by atoms with Crippen molar-refractivity contribution < 1.29 is 9.59 Å². The second-order valence-electron chi connectivity index (χ2n) is 1.85. The largest absolute Gasteiger partial charge is 0.295 e. The Kier molecular flexibility index (Phi) is 1.95. The maximum absolute atomic E-state index is 8.81. The number of carbonyl (C=O) groups is 2. The lowest BCUT2D eigenvalue weighted by molar-refractivity contribution is -0.122. The first-order valence-electron chi connectivity index (χ1n) is 2.88. The topological polar surface area (TPSA) is 34.1 Å². The van der Waals surface area contributed by atoms with Crippen LogP contribution in [0, 0.1) is 0 Å². The van der Waals surface area contributed by atoms with E-state index in [-0.39, 0.29) is 12.6 Å². The molecule has 2 heteroatoms. The minimum absolute atomic E-state index is 0.194. The molecule has 0 aliphatic heterocycles. The molecular weight excluding hydrogens is 128 g/mol. The Labute approximate surface area is 58.5 Å². The van der Waals surface area contributed by atoms with E-state index in [0.717, 1.165) is 0 Å². The van der Waals surface area contributed by atoms with Gasteiger partial charge in [-0.1, -0.05) is 24.3 Å². The van der Waals surface area contributed by atoms with Crippen molar-refractivity contribution in [3.8, 4) is 11.1 Å². The van der Waals surface area contributed by atoms with E-state index in [9.17, 15) is 0 Å². The fourth-order valence-corrected chi connectivity index (χ4v) is 0.663. The Morgan fingerprint density at radius 3 is 1.10 bits per heavy atom. The third kappa shape index (κ3) is 1.10. The number of aldehydes is 2. The van der Waals surface area contributed by atoms with Crippen molar-refractivity contribution >= 4 is 12.6 Å². The first-order chi connectivity index (χ1) is 4.88. The minimum atomic E-state index is 0.194. The van der Waals surface area contributed by atoms with Gasteiger partial charge in [-0.25, -0.2) is 0 Å². The zero-order chi connectivity index (χ0) is 7.40. The van der Waals surface area contributed by atoms with E-state index in [1.54, 1.807) is 0 Å². The van der Waals surface area contributed by atoms with Gasteiger partial charge in [-0.05, 0) is 11.1 Å². The van der Waals surface area contributed by atoms with Crippen LogP contribution in [0.25, 0.3) is 11.1 Å². The average molecular weight is 134 g/mol. The highest BCUT2D eigenvalue weighted by Gasteiger charge is 2.03. The molecule has 0 N–H and O–H groups in total. The maximum Gasteiger partial charge on any atom is 0.182 e. The monoisotopic (exact) mass is 134 g/mol. The zero-order valence-electron chi connectivity index (χ0n) is 5.28. The molecular formula is C8H6O2. The predicted molar refractivity (Wildman–Crippen MR) is 37.6 cm³/mol. The molecule has 0 amide bonds. The predicted octanol–water partition coefficient (Wildman–Crippen LogP) is 1.05. The van der Waals surface area contributed by atoms with Crippen molar-refractivity contribution in [1.29, 1.82) is 0 Å². The van der Waals surface area contributed by atoms with Crippen LogP contribution in [0.15, 0.2) is 24.3 Å². The number of fused-ring (bicyclic) bond motifs is 1. The molecule has 2 aliphatic carbocycles. The molecule has 0 fully saturated rings. The van der Waals surface area contributed by atoms with Crippen molar-refractivity contribution in [3.05, 3.63) is 24.3 Å². The normalized spacial score (nSPS) is 8.80. The summed E-state index contributed by atoms with van der Waals surface area (Å²) in [6.45, 7) is 0. The van der Waals surface area contributed by atoms with Gasteiger partial charge in [0.15, 0.2) is 12.6 Å². The van der Waals surface area contributed by atoms with Gasteiger partial charge in [0.1, 0.15) is 0 Å². The van der Waals surface area contributed by atoms with Gasteiger partial charge < -0.3 is 0 Å². The Hall–Kier alpha value is -1.44. The fourth-order valence-electron chi connectivity index (χ4n) is 0.663. The van der Waals surface area contributed by atoms with E-state index in [1.807, 2.05) is 0 Å². The van der Waals surface area contributed by atoms with Gasteiger partial charge in [-0.3, -0.25) is 9.59 Å². The van der Waals surface area contributed by atoms with Gasteiger partial charge in [0, 0.05) is 0 Å². The maximum atomic E-state index is 8.81. The molecule has 0 radical (unpaired) electrons. The summed E-state index contributed by atoms with van der Waals surface area (Å²) in [6, 6.07) is 8.48. The Morgan fingerprint density at radius 1 is 0.800 bits per heavy atom. The first kappa shape index (κ1) is 6.68. The second-order valence-corrected chi connectivity index (χ2v) is 1.85. The number of hydrogen-bond acceptors (Lipinski definition) is 2. The quantitative estimate of drug-likeness (QED) is 0.431. The molecule has 0 saturated carbocycles. The molecule has 0 aromatic carbocycles. The highest BCUT2D eigenvalue weighted by Crippen LogP contribution is 2.29. The van der Waals surface area contributed by atoms with Gasteiger partial charge in [0.05, 0.1) is 0 Å². The van der Waals surface area contributed by atoms with Crippen LogP contribution < -0.4 is 0 Å². The number of carbonyl (C=O) groups excluding carboxylic acids is 2. The van der Waals surface area contributed by atoms with E-state index in [4.69, 9.17) is 9.59 Å². The van der Waals surface area contributed by atoms with Gasteiger partial charge in [0.25, 0.3) is 0 Å². The third-order valence-corrected chi connectivity index (χ3v) is 1.27. The Balaban J connectivity index is 0.000000112. The molecule has 0 bridgehead atoms. The van der Waals surface area contributed by atoms with E-state index < -0.39 is 0 Å². The van der Waals surface area contributed by atoms with Crippen LogP contribution in [0.3, 0.4) is 0 Å². The van der Waals surface area contributed by atoms with E-state index >= 15 is 0 Å². The van der Waals surface area contributed by atoms with Crippen LogP contribution in [-0.2, 0) is 9.59 Å². The van der Waals surface area contributed by atoms with Crippen LogP contribution in [0.1, 0.15) is 0 Å². The van der Waals surface area contributed by atoms with Gasteiger partial charge in [0.2, 0.25) is 0 Å². The van der Waals surface area contributed by atoms with E-state index in [0.29, 0.717) is 0 Å². The molecule has 10 heavy (non-hydrogen) atoms. The summed E-state index contributed by atoms with van der Waals surface area (Å²) in [5, 5.41) is 0. The summed E-state index contributed by atoms with van der Waals surface area (Å²) in [4.78, 5) is 17.6. The third-order valence-electron chi connectivity index (χ3n) is 1.27. The molecule has 0 heterocycles. The van der Waals surface area contributed by atoms with Crippen molar-refractivity contribution in [3.63, 3.8) is 0 Å². The second kappa shape index (κ2) is 2.92. The SMILES string of the molecule is O=CC=O.c1cc2ccc1-2. The molecule has 0 spiro atoms. The smallest absolute Gasteiger partial charge is 0.182 e. The van der Waals surface area contributed by atoms with Crippen LogP contribution >= 0.6 is 0 Å². The zero-order valence-corrected chi connectivity index (χ0v) is 5.28. The standard InChI is InChI=1S/C6H4.C2H2O2/c1-2-6-4-3-5(1)6;3-1-2-4/h1-4H;1-2H. The van der Waals surface area contributed by atoms with Gasteiger partial charge in [-0.2, -0.15) is 0 Å². The summed E-state index contributed by atoms with van der Waals surface area (Å²) in [5.74, 6) is 0. The molecule has 0 aromatic rings. The van der Waals surface area contributed by atoms with E-state index in [1.165, 1.54) is 11.1 Å². The van der Waals surface area contributed by atoms with Crippen molar-refractivity contribution in [2.24, 2.45) is 0 Å². The lowest BCUT2D eigenvalue weighted by atomic mass is 9.95. The summed E-state index contributed by atoms with van der Waals surface area (Å²) in [7, 11) is 0. The molecule has 50 valence electrons. The van der Waals surface area contributed by atoms with Crippen LogP contribution in [-0.4, -0.2) is 12.6 Å². The summed E-state index contributed by atoms with van der Waals surface area (Å²) < 4.78 is 0. The van der Waals surface area contributed by atoms with Gasteiger partial charge in [-0.15, -0.1) is 0 Å². The summed E-state index contributed by atoms with van der Waals surface area (Å²) in [5.41, 5.74) is 2.85. The lowest BCUT2D eigenvalue weighted by Crippen LogP contribution is -1.85. The Morgan fingerprint density at radius 2 is 1.10 bits per heavy atom. The van der Waals surface area contributed by atoms with Crippen molar-refractivity contribution in [2.45, 2.75) is 0 Å². The van der Waals surface area contributed by atoms with Gasteiger partial charge >= 0.3 is 0 Å². The summed E-state index contributed by atoms with van der Waals surface area (Å²) >= 11 is 0. The summed E-state index contributed by atoms with van der Waals surface area (Å²) in [6.07, 6.45) is 0.389. The van der Waals surface area contributed by atoms with Crippen molar-refractivity contribution in [2.75, 3.05) is 0 Å². The number of benzene rings is 1. The van der Waals surface area contributed by atoms with E-state index in [2.05, 4.69) is 24.3 Å². The minimum Gasteiger partial charge on any atom is -0.295 e. The van der Waals surface area contributed by atoms with Crippen LogP contribution in [0.4, 0.5) is 0 Å². The fraction of sp³-hybridized carbons (Fsp3) is 0. The van der Waals surface area contributed by atoms with Crippen molar-refractivity contribution in [1.82, 2.24) is 0 Å². The first-order valence-corrected chi connectivity index (χ1v) is 2.88. The molecule has 2 rings (SSSR count). The number of rotatable bonds is 1. The highest BCUT2D eigenvalue weighted by molar-refractivity contribution is 6.09. The molecule has 0 atom stereocenters. The molecule has 0 unspecified atom stereocenters. The lowest BCUT2D eigenvalue weighted by Gasteiger charge is -2.10. The van der Waals surface area contributed by atoms with Crippen LogP contribution in [0.2, 0.25) is 0 Å². The molecule has 0 aromatic heterocycles. The number of hydrogen-bond donors (Lipinski definition) is 0. The molecule has 2 nitrogen and oxygen atoms in total. The average Bonchev–Trinajstić information content (AvgIpc) is 1.97. The van der Waals surface area contributed by atoms with Crippen LogP contribution in [0.5, 0.6) is 0 Å².